The van der Waals surface area contributed by atoms with Gasteiger partial charge in [-0.25, -0.2) is 0 Å². The van der Waals surface area contributed by atoms with Gasteiger partial charge in [0.15, 0.2) is 0 Å². The van der Waals surface area contributed by atoms with Crippen LogP contribution in [0.1, 0.15) is 21.6 Å². The highest BCUT2D eigenvalue weighted by Crippen LogP contribution is 2.23. The number of halogens is 1. The van der Waals surface area contributed by atoms with Gasteiger partial charge in [0, 0.05) is 28.8 Å². The molecule has 1 amide bonds. The molecule has 0 radical (unpaired) electrons. The van der Waals surface area contributed by atoms with Gasteiger partial charge in [-0.05, 0) is 31.5 Å². The first-order chi connectivity index (χ1) is 8.88. The number of carbonyl (C=O) groups excluding carboxylic acids is 1. The number of nitrogens with zero attached hydrogens (tertiary/aromatic N) is 2. The van der Waals surface area contributed by atoms with E-state index in [-0.39, 0.29) is 5.91 Å². The predicted molar refractivity (Wildman–Crippen MR) is 79.2 cm³/mol. The van der Waals surface area contributed by atoms with E-state index in [4.69, 9.17) is 5.73 Å². The van der Waals surface area contributed by atoms with Crippen molar-refractivity contribution < 1.29 is 4.79 Å². The summed E-state index contributed by atoms with van der Waals surface area (Å²) in [5, 5.41) is 7.01. The van der Waals surface area contributed by atoms with E-state index in [1.165, 1.54) is 0 Å². The smallest absolute Gasteiger partial charge is 0.257 e. The summed E-state index contributed by atoms with van der Waals surface area (Å²) in [4.78, 5) is 12.3. The van der Waals surface area contributed by atoms with E-state index in [1.807, 2.05) is 19.9 Å². The summed E-state index contributed by atoms with van der Waals surface area (Å²) in [6.07, 6.45) is 0. The molecule has 0 aliphatic rings. The summed E-state index contributed by atoms with van der Waals surface area (Å²) in [6.45, 7) is 3.70. The van der Waals surface area contributed by atoms with Crippen LogP contribution in [0.3, 0.4) is 0 Å². The Hall–Kier alpha value is -1.82. The molecular formula is C13H15BrN4O. The third kappa shape index (κ3) is 2.78. The number of nitrogens with two attached hydrogens (primary N) is 1. The summed E-state index contributed by atoms with van der Waals surface area (Å²) in [5.74, 6) is 0.453. The van der Waals surface area contributed by atoms with Gasteiger partial charge in [0.1, 0.15) is 5.82 Å². The quantitative estimate of drug-likeness (QED) is 0.835. The molecule has 3 N–H and O–H groups in total. The van der Waals surface area contributed by atoms with E-state index in [2.05, 4.69) is 26.3 Å². The first-order valence-electron chi connectivity index (χ1n) is 5.76. The number of nitrogens with one attached hydrogen (secondary N) is 1. The molecule has 0 aliphatic carbocycles. The predicted octanol–water partition coefficient (Wildman–Crippen LogP) is 2.63. The molecule has 2 aromatic rings. The van der Waals surface area contributed by atoms with Gasteiger partial charge in [0.25, 0.3) is 5.91 Å². The zero-order chi connectivity index (χ0) is 14.2. The molecule has 0 saturated carbocycles. The zero-order valence-electron chi connectivity index (χ0n) is 11.0. The van der Waals surface area contributed by atoms with E-state index in [0.717, 1.165) is 15.7 Å². The van der Waals surface area contributed by atoms with E-state index < -0.39 is 0 Å². The minimum absolute atomic E-state index is 0.200. The number of amides is 1. The van der Waals surface area contributed by atoms with Gasteiger partial charge in [-0.3, -0.25) is 9.48 Å². The third-order valence-electron chi connectivity index (χ3n) is 2.90. The number of hydrogen-bond acceptors (Lipinski definition) is 3. The van der Waals surface area contributed by atoms with Gasteiger partial charge in [-0.2, -0.15) is 5.10 Å². The van der Waals surface area contributed by atoms with Crippen LogP contribution >= 0.6 is 15.9 Å². The molecule has 0 unspecified atom stereocenters. The molecule has 6 heteroatoms. The number of benzene rings is 1. The van der Waals surface area contributed by atoms with Crippen molar-refractivity contribution in [3.05, 3.63) is 39.5 Å². The molecule has 5 nitrogen and oxygen atoms in total. The van der Waals surface area contributed by atoms with E-state index in [1.54, 1.807) is 23.9 Å². The Balaban J connectivity index is 2.33. The van der Waals surface area contributed by atoms with Crippen LogP contribution in [0.15, 0.2) is 22.7 Å². The number of aryl methyl sites for hydroxylation is 2. The summed E-state index contributed by atoms with van der Waals surface area (Å²) < 4.78 is 2.41. The average molecular weight is 323 g/mol. The summed E-state index contributed by atoms with van der Waals surface area (Å²) in [5.41, 5.74) is 8.60. The zero-order valence-corrected chi connectivity index (χ0v) is 12.6. The van der Waals surface area contributed by atoms with Crippen molar-refractivity contribution in [3.8, 4) is 0 Å². The number of carbonyl (C=O) groups is 1. The molecule has 0 bridgehead atoms. The van der Waals surface area contributed by atoms with Crippen LogP contribution in [0, 0.1) is 13.8 Å². The minimum Gasteiger partial charge on any atom is -0.398 e. The highest BCUT2D eigenvalue weighted by Gasteiger charge is 2.14. The number of rotatable bonds is 2. The van der Waals surface area contributed by atoms with Crippen molar-refractivity contribution in [2.24, 2.45) is 7.05 Å². The van der Waals surface area contributed by atoms with Gasteiger partial charge in [-0.1, -0.05) is 15.9 Å². The molecule has 100 valence electrons. The lowest BCUT2D eigenvalue weighted by molar-refractivity contribution is 0.102. The minimum atomic E-state index is -0.200. The molecule has 1 aromatic heterocycles. The summed E-state index contributed by atoms with van der Waals surface area (Å²) >= 11 is 3.34. The lowest BCUT2D eigenvalue weighted by Gasteiger charge is -2.10. The highest BCUT2D eigenvalue weighted by molar-refractivity contribution is 9.10. The van der Waals surface area contributed by atoms with Crippen molar-refractivity contribution in [2.45, 2.75) is 13.8 Å². The standard InChI is InChI=1S/C13H15BrN4O/c1-7-4-12(18(3)17-7)16-13(19)10-5-9(14)6-11(15)8(10)2/h4-6H,15H2,1-3H3,(H,16,19). The molecule has 2 rings (SSSR count). The summed E-state index contributed by atoms with van der Waals surface area (Å²) in [6, 6.07) is 5.35. The molecular weight excluding hydrogens is 308 g/mol. The number of anilines is 2. The van der Waals surface area contributed by atoms with Gasteiger partial charge >= 0.3 is 0 Å². The monoisotopic (exact) mass is 322 g/mol. The molecule has 0 saturated heterocycles. The topological polar surface area (TPSA) is 72.9 Å². The molecule has 0 atom stereocenters. The summed E-state index contributed by atoms with van der Waals surface area (Å²) in [7, 11) is 1.78. The number of aromatic nitrogens is 2. The van der Waals surface area contributed by atoms with Crippen molar-refractivity contribution >= 4 is 33.3 Å². The normalized spacial score (nSPS) is 10.5. The van der Waals surface area contributed by atoms with E-state index >= 15 is 0 Å². The first-order valence-corrected chi connectivity index (χ1v) is 6.55. The van der Waals surface area contributed by atoms with Crippen molar-refractivity contribution in [1.82, 2.24) is 9.78 Å². The number of hydrogen-bond donors (Lipinski definition) is 2. The highest BCUT2D eigenvalue weighted by atomic mass is 79.9. The van der Waals surface area contributed by atoms with E-state index in [9.17, 15) is 4.79 Å². The van der Waals surface area contributed by atoms with Crippen LogP contribution < -0.4 is 11.1 Å². The van der Waals surface area contributed by atoms with Crippen molar-refractivity contribution in [2.75, 3.05) is 11.1 Å². The Kier molecular flexibility index (Phi) is 3.61. The maximum Gasteiger partial charge on any atom is 0.257 e. The molecule has 0 aliphatic heterocycles. The second-order valence-electron chi connectivity index (χ2n) is 4.42. The number of nitrogen functional groups attached to an aromatic ring is 1. The molecule has 1 heterocycles. The van der Waals surface area contributed by atoms with Crippen LogP contribution in [0.25, 0.3) is 0 Å². The van der Waals surface area contributed by atoms with Crippen LogP contribution in [-0.2, 0) is 7.05 Å². The second kappa shape index (κ2) is 5.05. The van der Waals surface area contributed by atoms with Crippen LogP contribution in [0.4, 0.5) is 11.5 Å². The third-order valence-corrected chi connectivity index (χ3v) is 3.36. The van der Waals surface area contributed by atoms with Gasteiger partial charge in [0.05, 0.1) is 5.69 Å². The van der Waals surface area contributed by atoms with Gasteiger partial charge < -0.3 is 11.1 Å². The maximum absolute atomic E-state index is 12.3. The largest absolute Gasteiger partial charge is 0.398 e. The fraction of sp³-hybridized carbons (Fsp3) is 0.231. The second-order valence-corrected chi connectivity index (χ2v) is 5.33. The first kappa shape index (κ1) is 13.6. The Bertz CT molecular complexity index is 648. The lowest BCUT2D eigenvalue weighted by atomic mass is 10.1. The van der Waals surface area contributed by atoms with Gasteiger partial charge in [0.2, 0.25) is 0 Å². The molecule has 19 heavy (non-hydrogen) atoms. The van der Waals surface area contributed by atoms with E-state index in [0.29, 0.717) is 17.1 Å². The average Bonchev–Trinajstić information content (AvgIpc) is 2.62. The van der Waals surface area contributed by atoms with Crippen LogP contribution in [0.2, 0.25) is 0 Å². The molecule has 0 spiro atoms. The van der Waals surface area contributed by atoms with Gasteiger partial charge in [-0.15, -0.1) is 0 Å². The Morgan fingerprint density at radius 3 is 2.63 bits per heavy atom. The lowest BCUT2D eigenvalue weighted by Crippen LogP contribution is -2.16. The fourth-order valence-corrected chi connectivity index (χ4v) is 2.32. The molecule has 1 aromatic carbocycles. The fourth-order valence-electron chi connectivity index (χ4n) is 1.85. The Morgan fingerprint density at radius 2 is 2.05 bits per heavy atom. The maximum atomic E-state index is 12.3. The van der Waals surface area contributed by atoms with Crippen LogP contribution in [-0.4, -0.2) is 15.7 Å². The Morgan fingerprint density at radius 1 is 1.37 bits per heavy atom. The van der Waals surface area contributed by atoms with Crippen molar-refractivity contribution in [1.29, 1.82) is 0 Å². The Labute approximate surface area is 119 Å². The molecule has 0 fully saturated rings. The van der Waals surface area contributed by atoms with Crippen LogP contribution in [0.5, 0.6) is 0 Å². The SMILES string of the molecule is Cc1cc(NC(=O)c2cc(Br)cc(N)c2C)n(C)n1. The van der Waals surface area contributed by atoms with Crippen molar-refractivity contribution in [3.63, 3.8) is 0 Å².